The van der Waals surface area contributed by atoms with Crippen molar-refractivity contribution >= 4 is 5.97 Å². The Morgan fingerprint density at radius 1 is 1.46 bits per heavy atom. The summed E-state index contributed by atoms with van der Waals surface area (Å²) < 4.78 is 16.8. The lowest BCUT2D eigenvalue weighted by atomic mass is 9.76. The van der Waals surface area contributed by atoms with E-state index in [0.717, 1.165) is 6.42 Å². The van der Waals surface area contributed by atoms with Crippen LogP contribution in [0.5, 0.6) is 0 Å². The molecule has 2 rings (SSSR count). The molecule has 0 amide bonds. The van der Waals surface area contributed by atoms with Crippen molar-refractivity contribution in [3.63, 3.8) is 0 Å². The lowest BCUT2D eigenvalue weighted by molar-refractivity contribution is -0.183. The fourth-order valence-electron chi connectivity index (χ4n) is 3.86. The standard InChI is InChI=1S/C19H30O5/c1-3-12-23-18(21)17-13-16(14-8-5-6-9-14)15(10-7-11-20)19(24-17)22-4-2/h3,13-16,19-20H,1,4-12H2,2H3/t15-,16+,19+/m0/s1. The molecule has 3 atom stereocenters. The molecule has 1 heterocycles. The summed E-state index contributed by atoms with van der Waals surface area (Å²) in [6, 6.07) is 0. The van der Waals surface area contributed by atoms with Crippen LogP contribution in [0.2, 0.25) is 0 Å². The SMILES string of the molecule is C=CCOC(=O)C1=C[C@H](C2CCCC2)[C@H](CCCO)[C@H](OCC)O1. The molecule has 0 bridgehead atoms. The highest BCUT2D eigenvalue weighted by atomic mass is 16.7. The predicted molar refractivity (Wildman–Crippen MR) is 91.0 cm³/mol. The lowest BCUT2D eigenvalue weighted by Crippen LogP contribution is -2.40. The van der Waals surface area contributed by atoms with Gasteiger partial charge in [0.25, 0.3) is 0 Å². The van der Waals surface area contributed by atoms with E-state index in [9.17, 15) is 9.90 Å². The Morgan fingerprint density at radius 3 is 2.83 bits per heavy atom. The zero-order valence-corrected chi connectivity index (χ0v) is 14.6. The molecule has 1 aliphatic carbocycles. The minimum absolute atomic E-state index is 0.157. The normalized spacial score (nSPS) is 27.4. The second-order valence-corrected chi connectivity index (χ2v) is 6.51. The van der Waals surface area contributed by atoms with Gasteiger partial charge in [-0.2, -0.15) is 0 Å². The Kier molecular flexibility index (Phi) is 7.79. The summed E-state index contributed by atoms with van der Waals surface area (Å²) >= 11 is 0. The van der Waals surface area contributed by atoms with Gasteiger partial charge in [0, 0.05) is 19.1 Å². The smallest absolute Gasteiger partial charge is 0.373 e. The molecule has 1 aliphatic heterocycles. The van der Waals surface area contributed by atoms with E-state index in [4.69, 9.17) is 14.2 Å². The van der Waals surface area contributed by atoms with Gasteiger partial charge in [-0.25, -0.2) is 4.79 Å². The average Bonchev–Trinajstić information content (AvgIpc) is 3.12. The van der Waals surface area contributed by atoms with Gasteiger partial charge in [0.1, 0.15) is 6.61 Å². The highest BCUT2D eigenvalue weighted by Gasteiger charge is 2.41. The highest BCUT2D eigenvalue weighted by Crippen LogP contribution is 2.43. The van der Waals surface area contributed by atoms with E-state index in [-0.39, 0.29) is 30.8 Å². The van der Waals surface area contributed by atoms with Crippen LogP contribution in [0.1, 0.15) is 45.4 Å². The summed E-state index contributed by atoms with van der Waals surface area (Å²) in [5.74, 6) is 0.741. The van der Waals surface area contributed by atoms with E-state index >= 15 is 0 Å². The van der Waals surface area contributed by atoms with Crippen LogP contribution in [0.15, 0.2) is 24.5 Å². The van der Waals surface area contributed by atoms with Crippen LogP contribution in [-0.2, 0) is 19.0 Å². The number of ether oxygens (including phenoxy) is 3. The number of hydrogen-bond acceptors (Lipinski definition) is 5. The van der Waals surface area contributed by atoms with Crippen molar-refractivity contribution in [1.82, 2.24) is 0 Å². The average molecular weight is 338 g/mol. The number of esters is 1. The summed E-state index contributed by atoms with van der Waals surface area (Å²) in [6.07, 6.45) is 9.38. The fourth-order valence-corrected chi connectivity index (χ4v) is 3.86. The molecule has 1 saturated carbocycles. The van der Waals surface area contributed by atoms with Gasteiger partial charge < -0.3 is 19.3 Å². The maximum atomic E-state index is 12.2. The summed E-state index contributed by atoms with van der Waals surface area (Å²) in [6.45, 7) is 6.33. The van der Waals surface area contributed by atoms with Crippen LogP contribution >= 0.6 is 0 Å². The second-order valence-electron chi connectivity index (χ2n) is 6.51. The van der Waals surface area contributed by atoms with Gasteiger partial charge in [-0.3, -0.25) is 0 Å². The Morgan fingerprint density at radius 2 is 2.21 bits per heavy atom. The molecular formula is C19H30O5. The number of carbonyl (C=O) groups excluding carboxylic acids is 1. The van der Waals surface area contributed by atoms with E-state index in [1.54, 1.807) is 6.08 Å². The number of hydrogen-bond donors (Lipinski definition) is 1. The zero-order chi connectivity index (χ0) is 17.4. The van der Waals surface area contributed by atoms with Gasteiger partial charge >= 0.3 is 5.97 Å². The largest absolute Gasteiger partial charge is 0.457 e. The first kappa shape index (κ1) is 19.0. The minimum atomic E-state index is -0.455. The second kappa shape index (κ2) is 9.84. The van der Waals surface area contributed by atoms with Crippen molar-refractivity contribution in [3.8, 4) is 0 Å². The van der Waals surface area contributed by atoms with Crippen molar-refractivity contribution in [2.75, 3.05) is 19.8 Å². The Labute approximate surface area is 144 Å². The number of allylic oxidation sites excluding steroid dienone is 1. The quantitative estimate of drug-likeness (QED) is 0.517. The van der Waals surface area contributed by atoms with Gasteiger partial charge in [-0.1, -0.05) is 25.5 Å². The van der Waals surface area contributed by atoms with Crippen LogP contribution < -0.4 is 0 Å². The molecule has 0 spiro atoms. The maximum Gasteiger partial charge on any atom is 0.373 e. The third kappa shape index (κ3) is 4.84. The van der Waals surface area contributed by atoms with E-state index in [1.807, 2.05) is 13.0 Å². The van der Waals surface area contributed by atoms with E-state index in [0.29, 0.717) is 18.9 Å². The topological polar surface area (TPSA) is 65.0 Å². The van der Waals surface area contributed by atoms with E-state index in [1.165, 1.54) is 25.7 Å². The van der Waals surface area contributed by atoms with Crippen molar-refractivity contribution in [2.45, 2.75) is 51.7 Å². The molecular weight excluding hydrogens is 308 g/mol. The summed E-state index contributed by atoms with van der Waals surface area (Å²) in [5.41, 5.74) is 0. The molecule has 0 unspecified atom stereocenters. The first-order chi connectivity index (χ1) is 11.7. The van der Waals surface area contributed by atoms with Gasteiger partial charge in [0.2, 0.25) is 12.0 Å². The van der Waals surface area contributed by atoms with Gasteiger partial charge in [-0.15, -0.1) is 0 Å². The molecule has 0 aromatic heterocycles. The summed E-state index contributed by atoms with van der Waals surface area (Å²) in [7, 11) is 0. The first-order valence-electron chi connectivity index (χ1n) is 9.10. The van der Waals surface area contributed by atoms with Crippen LogP contribution in [0.3, 0.4) is 0 Å². The maximum absolute atomic E-state index is 12.2. The van der Waals surface area contributed by atoms with Crippen molar-refractivity contribution in [1.29, 1.82) is 0 Å². The van der Waals surface area contributed by atoms with Gasteiger partial charge in [0.05, 0.1) is 0 Å². The van der Waals surface area contributed by atoms with E-state index in [2.05, 4.69) is 6.58 Å². The van der Waals surface area contributed by atoms with Crippen molar-refractivity contribution < 1.29 is 24.1 Å². The summed E-state index contributed by atoms with van der Waals surface area (Å²) in [4.78, 5) is 12.2. The molecule has 24 heavy (non-hydrogen) atoms. The molecule has 0 saturated heterocycles. The Bertz CT molecular complexity index is 439. The molecule has 2 aliphatic rings. The Balaban J connectivity index is 2.21. The molecule has 1 fully saturated rings. The third-order valence-corrected chi connectivity index (χ3v) is 4.94. The number of aliphatic hydroxyl groups excluding tert-OH is 1. The number of rotatable bonds is 9. The van der Waals surface area contributed by atoms with Crippen LogP contribution in [0.4, 0.5) is 0 Å². The molecule has 0 radical (unpaired) electrons. The molecule has 5 nitrogen and oxygen atoms in total. The minimum Gasteiger partial charge on any atom is -0.457 e. The van der Waals surface area contributed by atoms with Crippen LogP contribution in [0.25, 0.3) is 0 Å². The lowest BCUT2D eigenvalue weighted by Gasteiger charge is -2.39. The van der Waals surface area contributed by atoms with Gasteiger partial charge in [-0.05, 0) is 50.5 Å². The van der Waals surface area contributed by atoms with Gasteiger partial charge in [0.15, 0.2) is 0 Å². The number of carbonyl (C=O) groups is 1. The molecule has 1 N–H and O–H groups in total. The molecule has 5 heteroatoms. The summed E-state index contributed by atoms with van der Waals surface area (Å²) in [5, 5.41) is 9.22. The third-order valence-electron chi connectivity index (χ3n) is 4.94. The molecule has 0 aromatic rings. The molecule has 0 aromatic carbocycles. The predicted octanol–water partition coefficient (Wildman–Crippen LogP) is 3.19. The monoisotopic (exact) mass is 338 g/mol. The fraction of sp³-hybridized carbons (Fsp3) is 0.737. The highest BCUT2D eigenvalue weighted by molar-refractivity contribution is 5.86. The van der Waals surface area contributed by atoms with E-state index < -0.39 is 12.3 Å². The zero-order valence-electron chi connectivity index (χ0n) is 14.6. The Hall–Kier alpha value is -1.33. The number of aliphatic hydroxyl groups is 1. The van der Waals surface area contributed by atoms with Crippen LogP contribution in [0, 0.1) is 17.8 Å². The van der Waals surface area contributed by atoms with Crippen LogP contribution in [-0.4, -0.2) is 37.2 Å². The van der Waals surface area contributed by atoms with Crippen molar-refractivity contribution in [3.05, 3.63) is 24.5 Å². The first-order valence-corrected chi connectivity index (χ1v) is 9.10. The van der Waals surface area contributed by atoms with Crippen molar-refractivity contribution in [2.24, 2.45) is 17.8 Å². The molecule has 136 valence electrons.